The van der Waals surface area contributed by atoms with Crippen LogP contribution < -0.4 is 4.74 Å². The van der Waals surface area contributed by atoms with E-state index in [0.29, 0.717) is 11.3 Å². The first-order chi connectivity index (χ1) is 18.6. The second-order valence-electron chi connectivity index (χ2n) is 8.72. The molecule has 4 aromatic carbocycles. The number of esters is 1. The van der Waals surface area contributed by atoms with Gasteiger partial charge < -0.3 is 19.3 Å². The molecule has 0 aromatic heterocycles. The monoisotopic (exact) mass is 527 g/mol. The van der Waals surface area contributed by atoms with Gasteiger partial charge in [-0.15, -0.1) is 0 Å². The normalized spacial score (nSPS) is 22.8. The van der Waals surface area contributed by atoms with Gasteiger partial charge in [0.15, 0.2) is 0 Å². The van der Waals surface area contributed by atoms with E-state index in [9.17, 15) is 15.4 Å². The number of ether oxygens (including phenoxy) is 3. The Morgan fingerprint density at radius 2 is 1.63 bits per heavy atom. The van der Waals surface area contributed by atoms with Gasteiger partial charge in [-0.2, -0.15) is 0 Å². The number of rotatable bonds is 8. The summed E-state index contributed by atoms with van der Waals surface area (Å²) in [5, 5.41) is 17.3. The molecule has 1 aliphatic heterocycles. The van der Waals surface area contributed by atoms with Crippen LogP contribution in [0.3, 0.4) is 0 Å². The Hall–Kier alpha value is -4.01. The van der Waals surface area contributed by atoms with Crippen LogP contribution in [0.25, 0.3) is 21.2 Å². The summed E-state index contributed by atoms with van der Waals surface area (Å²) < 4.78 is 18.0. The van der Waals surface area contributed by atoms with Gasteiger partial charge in [-0.25, -0.2) is 4.79 Å². The fourth-order valence-corrected chi connectivity index (χ4v) is 5.42. The molecule has 0 bridgehead atoms. The summed E-state index contributed by atoms with van der Waals surface area (Å²) >= 11 is 1.32. The number of azide groups is 1. The molecule has 192 valence electrons. The van der Waals surface area contributed by atoms with Gasteiger partial charge in [0.1, 0.15) is 42.1 Å². The second-order valence-corrected chi connectivity index (χ2v) is 9.89. The summed E-state index contributed by atoms with van der Waals surface area (Å²) in [6.07, 6.45) is -3.31. The highest BCUT2D eigenvalue weighted by atomic mass is 32.2. The molecule has 4 aromatic rings. The third-order valence-electron chi connectivity index (χ3n) is 6.21. The lowest BCUT2D eigenvalue weighted by molar-refractivity contribution is -0.165. The van der Waals surface area contributed by atoms with Crippen molar-refractivity contribution >= 4 is 28.5 Å². The van der Waals surface area contributed by atoms with Crippen LogP contribution >= 0.6 is 11.8 Å². The third kappa shape index (κ3) is 5.93. The number of aliphatic hydroxyl groups excluding tert-OH is 1. The minimum atomic E-state index is -1.30. The van der Waals surface area contributed by atoms with Crippen LogP contribution in [-0.2, 0) is 9.47 Å². The number of carbonyl (C=O) groups is 1. The Bertz CT molecular complexity index is 1430. The van der Waals surface area contributed by atoms with Crippen molar-refractivity contribution in [2.45, 2.75) is 34.7 Å². The molecule has 0 amide bonds. The standard InChI is InChI=1S/C29H25N3O5S/c30-32-31-25-27(37-28(34)20-10-3-1-4-11-20)26(33)24(36-29(25)38-23-13-5-2-6-14-23)18-35-22-16-15-19-9-7-8-12-21(19)17-22/h1-17,24-27,29,33H,18H2/t24-,25-,26-,27-,29-/m1/s1. The van der Waals surface area contributed by atoms with Crippen LogP contribution in [-0.4, -0.2) is 47.5 Å². The number of carbonyl (C=O) groups excluding carboxylic acids is 1. The number of fused-ring (bicyclic) bond motifs is 1. The molecule has 0 aliphatic carbocycles. The molecule has 5 rings (SSSR count). The minimum Gasteiger partial charge on any atom is -0.491 e. The van der Waals surface area contributed by atoms with Crippen LogP contribution in [0, 0.1) is 0 Å². The molecule has 1 fully saturated rings. The molecule has 0 radical (unpaired) electrons. The Morgan fingerprint density at radius 3 is 2.37 bits per heavy atom. The van der Waals surface area contributed by atoms with Gasteiger partial charge >= 0.3 is 5.97 Å². The summed E-state index contributed by atoms with van der Waals surface area (Å²) in [5.41, 5.74) is 8.89. The van der Waals surface area contributed by atoms with Crippen LogP contribution in [0.4, 0.5) is 0 Å². The maximum absolute atomic E-state index is 12.9. The van der Waals surface area contributed by atoms with E-state index in [1.165, 1.54) is 11.8 Å². The van der Waals surface area contributed by atoms with Crippen molar-refractivity contribution in [2.75, 3.05) is 6.61 Å². The van der Waals surface area contributed by atoms with Gasteiger partial charge in [-0.05, 0) is 52.7 Å². The van der Waals surface area contributed by atoms with Crippen molar-refractivity contribution in [3.63, 3.8) is 0 Å². The van der Waals surface area contributed by atoms with Crippen molar-refractivity contribution in [2.24, 2.45) is 5.11 Å². The average Bonchev–Trinajstić information content (AvgIpc) is 2.96. The highest BCUT2D eigenvalue weighted by Crippen LogP contribution is 2.37. The predicted molar refractivity (Wildman–Crippen MR) is 145 cm³/mol. The average molecular weight is 528 g/mol. The van der Waals surface area contributed by atoms with E-state index < -0.39 is 35.8 Å². The largest absolute Gasteiger partial charge is 0.491 e. The molecule has 8 nitrogen and oxygen atoms in total. The first-order valence-corrected chi connectivity index (χ1v) is 13.0. The lowest BCUT2D eigenvalue weighted by Crippen LogP contribution is -2.58. The molecule has 1 aliphatic rings. The molecular weight excluding hydrogens is 502 g/mol. The number of aliphatic hydroxyl groups is 1. The first kappa shape index (κ1) is 25.6. The fourth-order valence-electron chi connectivity index (χ4n) is 4.29. The summed E-state index contributed by atoms with van der Waals surface area (Å²) in [6, 6.07) is 30.6. The van der Waals surface area contributed by atoms with Gasteiger partial charge in [0.2, 0.25) is 0 Å². The summed E-state index contributed by atoms with van der Waals surface area (Å²) in [7, 11) is 0. The quantitative estimate of drug-likeness (QED) is 0.130. The van der Waals surface area contributed by atoms with E-state index in [1.54, 1.807) is 30.3 Å². The molecular formula is C29H25N3O5S. The van der Waals surface area contributed by atoms with Gasteiger partial charge in [0, 0.05) is 9.81 Å². The van der Waals surface area contributed by atoms with E-state index in [4.69, 9.17) is 14.2 Å². The Labute approximate surface area is 223 Å². The van der Waals surface area contributed by atoms with Gasteiger partial charge in [-0.3, -0.25) is 0 Å². The molecule has 1 N–H and O–H groups in total. The predicted octanol–water partition coefficient (Wildman–Crippen LogP) is 6.00. The topological polar surface area (TPSA) is 114 Å². The molecule has 0 spiro atoms. The van der Waals surface area contributed by atoms with Crippen LogP contribution in [0.5, 0.6) is 5.75 Å². The third-order valence-corrected chi connectivity index (χ3v) is 7.38. The number of nitrogens with zero attached hydrogens (tertiary/aromatic N) is 3. The van der Waals surface area contributed by atoms with Crippen molar-refractivity contribution in [1.82, 2.24) is 0 Å². The lowest BCUT2D eigenvalue weighted by atomic mass is 9.98. The minimum absolute atomic E-state index is 0.00622. The van der Waals surface area contributed by atoms with Crippen molar-refractivity contribution < 1.29 is 24.1 Å². The van der Waals surface area contributed by atoms with E-state index in [-0.39, 0.29) is 6.61 Å². The SMILES string of the molecule is [N-]=[N+]=N[C@@H]1[C@@H](OC(=O)c2ccccc2)[C@H](O)[C@@H](COc2ccc3ccccc3c2)O[C@@H]1Sc1ccccc1. The summed E-state index contributed by atoms with van der Waals surface area (Å²) in [6.45, 7) is -0.00622. The van der Waals surface area contributed by atoms with Crippen LogP contribution in [0.2, 0.25) is 0 Å². The Kier molecular flexibility index (Phi) is 8.11. The van der Waals surface area contributed by atoms with Gasteiger partial charge in [-0.1, -0.05) is 83.6 Å². The smallest absolute Gasteiger partial charge is 0.338 e. The fraction of sp³-hybridized carbons (Fsp3) is 0.207. The first-order valence-electron chi connectivity index (χ1n) is 12.1. The zero-order valence-electron chi connectivity index (χ0n) is 20.2. The second kappa shape index (κ2) is 12.0. The molecule has 0 saturated carbocycles. The zero-order valence-corrected chi connectivity index (χ0v) is 21.1. The lowest BCUT2D eigenvalue weighted by Gasteiger charge is -2.42. The number of benzene rings is 4. The zero-order chi connectivity index (χ0) is 26.3. The van der Waals surface area contributed by atoms with E-state index in [1.807, 2.05) is 72.8 Å². The number of hydrogen-bond donors (Lipinski definition) is 1. The molecule has 1 saturated heterocycles. The van der Waals surface area contributed by atoms with Gasteiger partial charge in [0.25, 0.3) is 0 Å². The van der Waals surface area contributed by atoms with Crippen LogP contribution in [0.1, 0.15) is 10.4 Å². The van der Waals surface area contributed by atoms with Crippen molar-refractivity contribution in [1.29, 1.82) is 0 Å². The molecule has 9 heteroatoms. The number of thioether (sulfide) groups is 1. The summed E-state index contributed by atoms with van der Waals surface area (Å²) in [4.78, 5) is 16.8. The highest BCUT2D eigenvalue weighted by molar-refractivity contribution is 7.99. The highest BCUT2D eigenvalue weighted by Gasteiger charge is 2.48. The molecule has 38 heavy (non-hydrogen) atoms. The van der Waals surface area contributed by atoms with E-state index in [2.05, 4.69) is 10.0 Å². The van der Waals surface area contributed by atoms with Crippen molar-refractivity contribution in [3.8, 4) is 5.75 Å². The number of hydrogen-bond acceptors (Lipinski definition) is 7. The maximum Gasteiger partial charge on any atom is 0.338 e. The maximum atomic E-state index is 12.9. The summed E-state index contributed by atoms with van der Waals surface area (Å²) in [5.74, 6) is -0.0193. The van der Waals surface area contributed by atoms with Crippen molar-refractivity contribution in [3.05, 3.63) is 119 Å². The molecule has 1 heterocycles. The van der Waals surface area contributed by atoms with E-state index >= 15 is 0 Å². The Morgan fingerprint density at radius 1 is 0.947 bits per heavy atom. The van der Waals surface area contributed by atoms with E-state index in [0.717, 1.165) is 15.7 Å². The van der Waals surface area contributed by atoms with Gasteiger partial charge in [0.05, 0.1) is 5.56 Å². The Balaban J connectivity index is 1.40. The molecule has 0 unspecified atom stereocenters. The van der Waals surface area contributed by atoms with Crippen LogP contribution in [0.15, 0.2) is 113 Å². The molecule has 5 atom stereocenters.